The van der Waals surface area contributed by atoms with E-state index in [1.807, 2.05) is 0 Å². The van der Waals surface area contributed by atoms with Crippen molar-refractivity contribution in [1.29, 1.82) is 0 Å². The molecule has 0 bridgehead atoms. The van der Waals surface area contributed by atoms with Crippen LogP contribution in [0.2, 0.25) is 0 Å². The van der Waals surface area contributed by atoms with E-state index in [1.54, 1.807) is 6.07 Å². The van der Waals surface area contributed by atoms with Gasteiger partial charge in [0.15, 0.2) is 15.6 Å². The molecule has 1 unspecified atom stereocenters. The standard InChI is InChI=1S/C11H13NO5S/c1-18(16,17)11(7-12,10(14)15)9(13)8-5-3-2-4-6-8/h2-6H,7,12H2,1H3,(H,14,15). The number of hydrogen-bond acceptors (Lipinski definition) is 5. The second-order valence-electron chi connectivity index (χ2n) is 3.80. The van der Waals surface area contributed by atoms with Gasteiger partial charge in [-0.05, 0) is 0 Å². The highest BCUT2D eigenvalue weighted by atomic mass is 32.2. The summed E-state index contributed by atoms with van der Waals surface area (Å²) >= 11 is 0. The van der Waals surface area contributed by atoms with Crippen LogP contribution in [0.1, 0.15) is 10.4 Å². The molecule has 0 aromatic heterocycles. The molecule has 18 heavy (non-hydrogen) atoms. The lowest BCUT2D eigenvalue weighted by molar-refractivity contribution is -0.138. The third-order valence-corrected chi connectivity index (χ3v) is 4.46. The van der Waals surface area contributed by atoms with Crippen LogP contribution in [0.15, 0.2) is 30.3 Å². The number of rotatable bonds is 5. The van der Waals surface area contributed by atoms with Crippen molar-refractivity contribution in [1.82, 2.24) is 0 Å². The van der Waals surface area contributed by atoms with E-state index in [0.717, 1.165) is 0 Å². The van der Waals surface area contributed by atoms with E-state index in [1.165, 1.54) is 24.3 Å². The van der Waals surface area contributed by atoms with E-state index in [0.29, 0.717) is 6.26 Å². The summed E-state index contributed by atoms with van der Waals surface area (Å²) in [6.07, 6.45) is 0.689. The molecule has 0 aliphatic carbocycles. The van der Waals surface area contributed by atoms with Crippen molar-refractivity contribution in [3.05, 3.63) is 35.9 Å². The maximum absolute atomic E-state index is 12.1. The topological polar surface area (TPSA) is 115 Å². The lowest BCUT2D eigenvalue weighted by Crippen LogP contribution is -2.58. The summed E-state index contributed by atoms with van der Waals surface area (Å²) in [5.74, 6) is -2.79. The number of hydrogen-bond donors (Lipinski definition) is 2. The second kappa shape index (κ2) is 4.87. The molecule has 6 nitrogen and oxygen atoms in total. The van der Waals surface area contributed by atoms with Crippen LogP contribution in [0, 0.1) is 0 Å². The van der Waals surface area contributed by atoms with Crippen LogP contribution in [0.25, 0.3) is 0 Å². The Morgan fingerprint density at radius 2 is 1.78 bits per heavy atom. The third kappa shape index (κ3) is 2.14. The molecule has 0 aliphatic heterocycles. The first-order valence-corrected chi connectivity index (χ1v) is 6.89. The monoisotopic (exact) mass is 271 g/mol. The number of benzene rings is 1. The zero-order valence-electron chi connectivity index (χ0n) is 9.66. The summed E-state index contributed by atoms with van der Waals surface area (Å²) < 4.78 is 20.7. The summed E-state index contributed by atoms with van der Waals surface area (Å²) in [5.41, 5.74) is 5.25. The van der Waals surface area contributed by atoms with Gasteiger partial charge in [0.25, 0.3) is 0 Å². The molecule has 0 fully saturated rings. The molecule has 0 heterocycles. The number of carbonyl (C=O) groups is 2. The minimum Gasteiger partial charge on any atom is -0.480 e. The van der Waals surface area contributed by atoms with Crippen molar-refractivity contribution < 1.29 is 23.1 Å². The zero-order chi connectivity index (χ0) is 14.0. The number of aliphatic carboxylic acids is 1. The first kappa shape index (κ1) is 14.3. The zero-order valence-corrected chi connectivity index (χ0v) is 10.5. The Morgan fingerprint density at radius 3 is 2.11 bits per heavy atom. The Labute approximate surface area is 104 Å². The van der Waals surface area contributed by atoms with Gasteiger partial charge in [-0.3, -0.25) is 4.79 Å². The predicted molar refractivity (Wildman–Crippen MR) is 65.0 cm³/mol. The number of carboxylic acid groups (broad SMARTS) is 1. The molecule has 1 atom stereocenters. The highest BCUT2D eigenvalue weighted by Gasteiger charge is 2.54. The van der Waals surface area contributed by atoms with Crippen LogP contribution in [-0.2, 0) is 14.6 Å². The van der Waals surface area contributed by atoms with Gasteiger partial charge in [-0.2, -0.15) is 0 Å². The summed E-state index contributed by atoms with van der Waals surface area (Å²) in [6.45, 7) is -0.811. The van der Waals surface area contributed by atoms with E-state index in [-0.39, 0.29) is 5.56 Å². The van der Waals surface area contributed by atoms with Gasteiger partial charge in [-0.1, -0.05) is 30.3 Å². The molecule has 0 saturated carbocycles. The number of sulfone groups is 1. The van der Waals surface area contributed by atoms with Gasteiger partial charge < -0.3 is 10.8 Å². The summed E-state index contributed by atoms with van der Waals surface area (Å²) in [4.78, 5) is 23.4. The maximum Gasteiger partial charge on any atom is 0.334 e. The molecule has 3 N–H and O–H groups in total. The van der Waals surface area contributed by atoms with Gasteiger partial charge in [0.05, 0.1) is 0 Å². The number of nitrogens with two attached hydrogens (primary N) is 1. The summed E-state index contributed by atoms with van der Waals surface area (Å²) in [7, 11) is -4.20. The van der Waals surface area contributed by atoms with Crippen molar-refractivity contribution in [2.75, 3.05) is 12.8 Å². The molecule has 1 aromatic rings. The largest absolute Gasteiger partial charge is 0.480 e. The number of carbonyl (C=O) groups excluding carboxylic acids is 1. The second-order valence-corrected chi connectivity index (χ2v) is 6.04. The minimum absolute atomic E-state index is 0.00391. The molecule has 0 saturated heterocycles. The van der Waals surface area contributed by atoms with Crippen LogP contribution >= 0.6 is 0 Å². The van der Waals surface area contributed by atoms with E-state index < -0.39 is 32.9 Å². The quantitative estimate of drug-likeness (QED) is 0.561. The van der Waals surface area contributed by atoms with Gasteiger partial charge in [-0.25, -0.2) is 13.2 Å². The average molecular weight is 271 g/mol. The van der Waals surface area contributed by atoms with Crippen LogP contribution < -0.4 is 5.73 Å². The van der Waals surface area contributed by atoms with Crippen molar-refractivity contribution in [2.45, 2.75) is 4.75 Å². The molecule has 98 valence electrons. The van der Waals surface area contributed by atoms with E-state index >= 15 is 0 Å². The van der Waals surface area contributed by atoms with E-state index in [4.69, 9.17) is 10.8 Å². The first-order chi connectivity index (χ1) is 8.27. The SMILES string of the molecule is CS(=O)(=O)C(CN)(C(=O)O)C(=O)c1ccccc1. The smallest absolute Gasteiger partial charge is 0.334 e. The fraction of sp³-hybridized carbons (Fsp3) is 0.273. The van der Waals surface area contributed by atoms with Crippen molar-refractivity contribution in [3.8, 4) is 0 Å². The third-order valence-electron chi connectivity index (χ3n) is 2.67. The molecule has 0 spiro atoms. The maximum atomic E-state index is 12.1. The lowest BCUT2D eigenvalue weighted by Gasteiger charge is -2.24. The fourth-order valence-electron chi connectivity index (χ4n) is 1.58. The lowest BCUT2D eigenvalue weighted by atomic mass is 9.97. The fourth-order valence-corrected chi connectivity index (χ4v) is 2.65. The van der Waals surface area contributed by atoms with E-state index in [2.05, 4.69) is 0 Å². The molecular formula is C11H13NO5S. The normalized spacial score (nSPS) is 14.8. The minimum atomic E-state index is -4.20. The first-order valence-electron chi connectivity index (χ1n) is 5.00. The molecule has 0 amide bonds. The van der Waals surface area contributed by atoms with Gasteiger partial charge in [0, 0.05) is 18.4 Å². The number of Topliss-reactive ketones (excluding diaryl/α,β-unsaturated/α-hetero) is 1. The average Bonchev–Trinajstić information content (AvgIpc) is 2.29. The molecule has 1 rings (SSSR count). The van der Waals surface area contributed by atoms with Crippen molar-refractivity contribution in [3.63, 3.8) is 0 Å². The molecule has 7 heteroatoms. The Hall–Kier alpha value is -1.73. The predicted octanol–water partition coefficient (Wildman–Crippen LogP) is -0.304. The Morgan fingerprint density at radius 1 is 1.28 bits per heavy atom. The Bertz CT molecular complexity index is 566. The van der Waals surface area contributed by atoms with Crippen LogP contribution in [-0.4, -0.2) is 42.8 Å². The number of carboxylic acids is 1. The van der Waals surface area contributed by atoms with Crippen molar-refractivity contribution >= 4 is 21.6 Å². The molecule has 0 aliphatic rings. The highest BCUT2D eigenvalue weighted by Crippen LogP contribution is 2.22. The Kier molecular flexibility index (Phi) is 3.88. The van der Waals surface area contributed by atoms with Gasteiger partial charge in [-0.15, -0.1) is 0 Å². The van der Waals surface area contributed by atoms with Gasteiger partial charge in [0.2, 0.25) is 4.75 Å². The van der Waals surface area contributed by atoms with Crippen LogP contribution in [0.4, 0.5) is 0 Å². The van der Waals surface area contributed by atoms with Crippen LogP contribution in [0.5, 0.6) is 0 Å². The van der Waals surface area contributed by atoms with Gasteiger partial charge in [0.1, 0.15) is 0 Å². The van der Waals surface area contributed by atoms with Gasteiger partial charge >= 0.3 is 5.97 Å². The summed E-state index contributed by atoms with van der Waals surface area (Å²) in [6, 6.07) is 7.35. The van der Waals surface area contributed by atoms with Crippen LogP contribution in [0.3, 0.4) is 0 Å². The highest BCUT2D eigenvalue weighted by molar-refractivity contribution is 7.93. The Balaban J connectivity index is 3.48. The van der Waals surface area contributed by atoms with Crippen molar-refractivity contribution in [2.24, 2.45) is 5.73 Å². The molecule has 0 radical (unpaired) electrons. The molecular weight excluding hydrogens is 258 g/mol. The number of ketones is 1. The summed E-state index contributed by atoms with van der Waals surface area (Å²) in [5, 5.41) is 9.11. The van der Waals surface area contributed by atoms with E-state index in [9.17, 15) is 18.0 Å². The molecule has 1 aromatic carbocycles.